The minimum atomic E-state index is -0.463. The van der Waals surface area contributed by atoms with Crippen molar-refractivity contribution in [3.05, 3.63) is 82.5 Å². The number of benzene rings is 2. The number of nitrogens with one attached hydrogen (secondary N) is 1. The topological polar surface area (TPSA) is 89.8 Å². The normalized spacial score (nSPS) is 16.6. The van der Waals surface area contributed by atoms with Crippen molar-refractivity contribution in [2.24, 2.45) is 0 Å². The highest BCUT2D eigenvalue weighted by atomic mass is 16.6. The molecule has 160 valence electrons. The fourth-order valence-electron chi connectivity index (χ4n) is 3.44. The summed E-state index contributed by atoms with van der Waals surface area (Å²) in [6, 6.07) is 18.6. The monoisotopic (exact) mass is 420 g/mol. The number of hydrogen-bond acceptors (Lipinski definition) is 7. The van der Waals surface area contributed by atoms with E-state index in [2.05, 4.69) is 34.4 Å². The Balaban J connectivity index is 1.36. The Morgan fingerprint density at radius 1 is 1.16 bits per heavy atom. The van der Waals surface area contributed by atoms with Crippen molar-refractivity contribution in [3.63, 3.8) is 0 Å². The van der Waals surface area contributed by atoms with E-state index in [9.17, 15) is 10.1 Å². The first kappa shape index (κ1) is 20.8. The van der Waals surface area contributed by atoms with Crippen LogP contribution < -0.4 is 10.1 Å². The Hall–Kier alpha value is -3.49. The zero-order valence-corrected chi connectivity index (χ0v) is 17.2. The third kappa shape index (κ3) is 5.36. The van der Waals surface area contributed by atoms with E-state index in [-0.39, 0.29) is 11.5 Å². The zero-order valence-electron chi connectivity index (χ0n) is 17.2. The van der Waals surface area contributed by atoms with Gasteiger partial charge in [0.05, 0.1) is 18.1 Å². The minimum absolute atomic E-state index is 0.0751. The Labute approximate surface area is 180 Å². The second-order valence-corrected chi connectivity index (χ2v) is 7.44. The highest BCUT2D eigenvalue weighted by molar-refractivity contribution is 5.65. The molecule has 0 saturated carbocycles. The molecule has 0 bridgehead atoms. The van der Waals surface area contributed by atoms with Gasteiger partial charge >= 0.3 is 5.69 Å². The van der Waals surface area contributed by atoms with Crippen molar-refractivity contribution >= 4 is 17.2 Å². The van der Waals surface area contributed by atoms with Crippen LogP contribution in [0.1, 0.15) is 5.56 Å². The molecule has 31 heavy (non-hydrogen) atoms. The van der Waals surface area contributed by atoms with Crippen LogP contribution in [0.3, 0.4) is 0 Å². The van der Waals surface area contributed by atoms with Crippen molar-refractivity contribution in [1.29, 1.82) is 0 Å². The van der Waals surface area contributed by atoms with Crippen molar-refractivity contribution < 1.29 is 14.4 Å². The number of ether oxygens (including phenoxy) is 2. The van der Waals surface area contributed by atoms with Gasteiger partial charge in [0.25, 0.3) is 0 Å². The number of anilines is 2. The van der Waals surface area contributed by atoms with Crippen molar-refractivity contribution in [3.8, 4) is 11.5 Å². The molecule has 1 aliphatic heterocycles. The van der Waals surface area contributed by atoms with Crippen LogP contribution in [0.5, 0.6) is 11.5 Å². The molecule has 8 heteroatoms. The third-order valence-corrected chi connectivity index (χ3v) is 5.25. The van der Waals surface area contributed by atoms with Crippen LogP contribution in [-0.4, -0.2) is 47.7 Å². The Morgan fingerprint density at radius 2 is 1.87 bits per heavy atom. The average Bonchev–Trinajstić information content (AvgIpc) is 2.78. The molecule has 1 aromatic heterocycles. The molecule has 3 aromatic rings. The summed E-state index contributed by atoms with van der Waals surface area (Å²) in [4.78, 5) is 17.0. The number of aromatic nitrogens is 1. The zero-order chi connectivity index (χ0) is 21.6. The molecule has 0 amide bonds. The van der Waals surface area contributed by atoms with Gasteiger partial charge in [-0.25, -0.2) is 4.98 Å². The first-order valence-electron chi connectivity index (χ1n) is 10.1. The summed E-state index contributed by atoms with van der Waals surface area (Å²) >= 11 is 0. The van der Waals surface area contributed by atoms with E-state index in [1.807, 2.05) is 12.1 Å². The molecular weight excluding hydrogens is 396 g/mol. The molecule has 1 atom stereocenters. The predicted molar refractivity (Wildman–Crippen MR) is 118 cm³/mol. The maximum absolute atomic E-state index is 11.1. The maximum atomic E-state index is 11.1. The predicted octanol–water partition coefficient (Wildman–Crippen LogP) is 4.40. The lowest BCUT2D eigenvalue weighted by Gasteiger charge is -2.32. The van der Waals surface area contributed by atoms with Crippen LogP contribution in [0.25, 0.3) is 0 Å². The van der Waals surface area contributed by atoms with Gasteiger partial charge in [-0.1, -0.05) is 12.1 Å². The summed E-state index contributed by atoms with van der Waals surface area (Å²) in [5, 5.41) is 14.1. The van der Waals surface area contributed by atoms with Gasteiger partial charge in [-0.3, -0.25) is 15.0 Å². The quantitative estimate of drug-likeness (QED) is 0.448. The number of pyridine rings is 1. The standard InChI is InChI=1S/C23H24N4O4/c1-26-13-14-30-16-19(26)15-17-4-8-20(9-5-17)31-21-10-6-18(7-11-21)25-23-22(27(28)29)3-2-12-24-23/h2-12,19H,13-16H2,1H3,(H,24,25). The average molecular weight is 420 g/mol. The van der Waals surface area contributed by atoms with Gasteiger partial charge in [0.1, 0.15) is 11.5 Å². The lowest BCUT2D eigenvalue weighted by Crippen LogP contribution is -2.43. The largest absolute Gasteiger partial charge is 0.457 e. The van der Waals surface area contributed by atoms with E-state index < -0.39 is 4.92 Å². The minimum Gasteiger partial charge on any atom is -0.457 e. The van der Waals surface area contributed by atoms with Crippen LogP contribution >= 0.6 is 0 Å². The van der Waals surface area contributed by atoms with Crippen LogP contribution in [0.4, 0.5) is 17.2 Å². The van der Waals surface area contributed by atoms with Crippen molar-refractivity contribution in [2.75, 3.05) is 32.1 Å². The highest BCUT2D eigenvalue weighted by Crippen LogP contribution is 2.27. The number of nitrogens with zero attached hydrogens (tertiary/aromatic N) is 3. The lowest BCUT2D eigenvalue weighted by atomic mass is 10.0. The highest BCUT2D eigenvalue weighted by Gasteiger charge is 2.19. The lowest BCUT2D eigenvalue weighted by molar-refractivity contribution is -0.384. The first-order chi connectivity index (χ1) is 15.1. The van der Waals surface area contributed by atoms with Gasteiger partial charge in [0.15, 0.2) is 0 Å². The van der Waals surface area contributed by atoms with E-state index in [0.29, 0.717) is 17.5 Å². The molecule has 1 fully saturated rings. The number of likely N-dealkylation sites (N-methyl/N-ethyl adjacent to an activating group) is 1. The molecule has 4 rings (SSSR count). The van der Waals surface area contributed by atoms with Gasteiger partial charge < -0.3 is 14.8 Å². The SMILES string of the molecule is CN1CCOCC1Cc1ccc(Oc2ccc(Nc3ncccc3[N+](=O)[O-])cc2)cc1. The summed E-state index contributed by atoms with van der Waals surface area (Å²) in [7, 11) is 2.13. The molecule has 2 aromatic carbocycles. The van der Waals surface area contributed by atoms with Crippen molar-refractivity contribution in [1.82, 2.24) is 9.88 Å². The molecule has 1 N–H and O–H groups in total. The second-order valence-electron chi connectivity index (χ2n) is 7.44. The third-order valence-electron chi connectivity index (χ3n) is 5.25. The molecule has 2 heterocycles. The van der Waals surface area contributed by atoms with E-state index in [1.165, 1.54) is 23.9 Å². The molecule has 0 aliphatic carbocycles. The summed E-state index contributed by atoms with van der Waals surface area (Å²) in [5.74, 6) is 1.62. The van der Waals surface area contributed by atoms with Crippen LogP contribution in [0.15, 0.2) is 66.9 Å². The Bertz CT molecular complexity index is 1020. The molecule has 1 aliphatic rings. The van der Waals surface area contributed by atoms with Gasteiger partial charge in [0, 0.05) is 30.5 Å². The van der Waals surface area contributed by atoms with Crippen LogP contribution in [-0.2, 0) is 11.2 Å². The first-order valence-corrected chi connectivity index (χ1v) is 10.1. The maximum Gasteiger partial charge on any atom is 0.311 e. The molecule has 1 saturated heterocycles. The number of nitro groups is 1. The molecular formula is C23H24N4O4. The van der Waals surface area contributed by atoms with Crippen LogP contribution in [0.2, 0.25) is 0 Å². The molecule has 1 unspecified atom stereocenters. The second kappa shape index (κ2) is 9.55. The van der Waals surface area contributed by atoms with E-state index in [0.717, 1.165) is 31.9 Å². The Morgan fingerprint density at radius 3 is 2.55 bits per heavy atom. The van der Waals surface area contributed by atoms with Crippen LogP contribution in [0, 0.1) is 10.1 Å². The number of hydrogen-bond donors (Lipinski definition) is 1. The Kier molecular flexibility index (Phi) is 6.40. The van der Waals surface area contributed by atoms with Crippen molar-refractivity contribution in [2.45, 2.75) is 12.5 Å². The van der Waals surface area contributed by atoms with Gasteiger partial charge in [0.2, 0.25) is 5.82 Å². The fraction of sp³-hybridized carbons (Fsp3) is 0.261. The molecule has 0 radical (unpaired) electrons. The molecule has 8 nitrogen and oxygen atoms in total. The van der Waals surface area contributed by atoms with E-state index in [1.54, 1.807) is 24.3 Å². The summed E-state index contributed by atoms with van der Waals surface area (Å²) in [6.07, 6.45) is 2.45. The summed E-state index contributed by atoms with van der Waals surface area (Å²) in [6.45, 7) is 2.52. The van der Waals surface area contributed by atoms with E-state index in [4.69, 9.17) is 9.47 Å². The summed E-state index contributed by atoms with van der Waals surface area (Å²) in [5.41, 5.74) is 1.85. The molecule has 0 spiro atoms. The summed E-state index contributed by atoms with van der Waals surface area (Å²) < 4.78 is 11.5. The van der Waals surface area contributed by atoms with Gasteiger partial charge in [-0.05, 0) is 61.5 Å². The van der Waals surface area contributed by atoms with Gasteiger partial charge in [-0.15, -0.1) is 0 Å². The fourth-order valence-corrected chi connectivity index (χ4v) is 3.44. The number of rotatable bonds is 7. The smallest absolute Gasteiger partial charge is 0.311 e. The van der Waals surface area contributed by atoms with E-state index >= 15 is 0 Å². The number of morpholine rings is 1. The van der Waals surface area contributed by atoms with Gasteiger partial charge in [-0.2, -0.15) is 0 Å².